The predicted octanol–water partition coefficient (Wildman–Crippen LogP) is 11.3. The molecule has 6 aromatic rings. The molecule has 0 unspecified atom stereocenters. The van der Waals surface area contributed by atoms with Crippen LogP contribution in [0.25, 0.3) is 0 Å². The third-order valence-corrected chi connectivity index (χ3v) is 9.95. The van der Waals surface area contributed by atoms with Gasteiger partial charge in [-0.25, -0.2) is 0 Å². The van der Waals surface area contributed by atoms with Crippen molar-refractivity contribution >= 4 is 15.9 Å². The average Bonchev–Trinajstić information content (AvgIpc) is 3.18. The van der Waals surface area contributed by atoms with Gasteiger partial charge in [0.15, 0.2) is 5.78 Å². The van der Waals surface area contributed by atoms with Gasteiger partial charge in [0, 0.05) is 17.2 Å². The Balaban J connectivity index is 1.15. The van der Waals surface area contributed by atoms with Crippen molar-refractivity contribution in [3.8, 4) is 52.6 Å². The van der Waals surface area contributed by atoms with Gasteiger partial charge >= 0.3 is 12.4 Å². The molecule has 0 spiro atoms. The van der Waals surface area contributed by atoms with Gasteiger partial charge < -0.3 is 18.9 Å². The minimum atomic E-state index is -5.77. The number of alkyl halides is 6. The number of carbonyl (C=O) groups is 1. The van der Waals surface area contributed by atoms with Crippen LogP contribution in [-0.4, -0.2) is 38.2 Å². The van der Waals surface area contributed by atoms with Crippen LogP contribution in [0.5, 0.6) is 40.2 Å². The second-order valence-corrected chi connectivity index (χ2v) is 14.3. The maximum Gasteiger partial charge on any atom is 0.411 e. The number of ether oxygens (including phenoxy) is 4. The van der Waals surface area contributed by atoms with Gasteiger partial charge in [0.2, 0.25) is 5.41 Å². The topological polar surface area (TPSA) is 108 Å². The fourth-order valence-corrected chi connectivity index (χ4v) is 6.80. The van der Waals surface area contributed by atoms with Gasteiger partial charge in [0.1, 0.15) is 45.1 Å². The van der Waals surface area contributed by atoms with E-state index in [-0.39, 0.29) is 45.6 Å². The van der Waals surface area contributed by atoms with Crippen molar-refractivity contribution < 1.29 is 63.1 Å². The first-order valence-electron chi connectivity index (χ1n) is 17.2. The first-order valence-corrected chi connectivity index (χ1v) is 18.6. The molecule has 6 rings (SSSR count). The number of terminal acetylenes is 1. The van der Waals surface area contributed by atoms with Crippen molar-refractivity contribution in [2.45, 2.75) is 29.6 Å². The highest BCUT2D eigenvalue weighted by atomic mass is 32.2. The van der Waals surface area contributed by atoms with Crippen LogP contribution in [0.3, 0.4) is 0 Å². The molecule has 0 fully saturated rings. The number of carbonyl (C=O) groups excluding carboxylic acids is 1. The van der Waals surface area contributed by atoms with Gasteiger partial charge in [-0.05, 0) is 121 Å². The Labute approximate surface area is 334 Å². The van der Waals surface area contributed by atoms with Crippen LogP contribution in [0, 0.1) is 19.3 Å². The molecule has 0 bridgehead atoms. The molecule has 59 heavy (non-hydrogen) atoms. The molecule has 0 aliphatic carbocycles. The van der Waals surface area contributed by atoms with E-state index in [0.29, 0.717) is 23.4 Å². The molecule has 6 aromatic carbocycles. The van der Waals surface area contributed by atoms with Crippen LogP contribution in [0.2, 0.25) is 0 Å². The predicted molar refractivity (Wildman–Crippen MR) is 204 cm³/mol. The fourth-order valence-electron chi connectivity index (χ4n) is 6.17. The molecule has 302 valence electrons. The molecule has 15 heteroatoms. The van der Waals surface area contributed by atoms with E-state index in [1.165, 1.54) is 67.8 Å². The Kier molecular flexibility index (Phi) is 11.5. The summed E-state index contributed by atoms with van der Waals surface area (Å²) < 4.78 is 144. The Morgan fingerprint density at radius 2 is 1.03 bits per heavy atom. The van der Waals surface area contributed by atoms with Crippen LogP contribution in [0.1, 0.15) is 38.2 Å². The molecule has 0 saturated carbocycles. The minimum Gasteiger partial charge on any atom is -0.497 e. The van der Waals surface area contributed by atoms with Crippen molar-refractivity contribution in [3.05, 3.63) is 167 Å². The SMILES string of the molecule is C#Cc1ccc(C)cc1Oc1ccc(Oc2ccc(C(=O)c3ccc(Oc4ccc(C(c5ccc(OC)cc5)(C(F)(F)F)C(F)(F)F)cc4)cc3)cc2)c(S(=O)(=O)O)c1. The Morgan fingerprint density at radius 3 is 1.49 bits per heavy atom. The number of benzene rings is 6. The quantitative estimate of drug-likeness (QED) is 0.0562. The normalized spacial score (nSPS) is 12.0. The van der Waals surface area contributed by atoms with Crippen LogP contribution < -0.4 is 18.9 Å². The van der Waals surface area contributed by atoms with Gasteiger partial charge in [0.05, 0.1) is 12.7 Å². The van der Waals surface area contributed by atoms with Crippen LogP contribution in [0.4, 0.5) is 26.3 Å². The molecule has 1 N–H and O–H groups in total. The summed E-state index contributed by atoms with van der Waals surface area (Å²) in [6, 6.07) is 27.0. The Hall–Kier alpha value is -6.76. The third-order valence-electron chi connectivity index (χ3n) is 9.07. The number of rotatable bonds is 12. The summed E-state index contributed by atoms with van der Waals surface area (Å²) in [4.78, 5) is 12.7. The van der Waals surface area contributed by atoms with E-state index >= 15 is 0 Å². The maximum atomic E-state index is 14.5. The van der Waals surface area contributed by atoms with Crippen molar-refractivity contribution in [1.29, 1.82) is 0 Å². The Morgan fingerprint density at radius 1 is 0.593 bits per heavy atom. The molecule has 0 saturated heterocycles. The van der Waals surface area contributed by atoms with E-state index in [1.54, 1.807) is 18.2 Å². The van der Waals surface area contributed by atoms with E-state index in [2.05, 4.69) is 5.92 Å². The smallest absolute Gasteiger partial charge is 0.411 e. The summed E-state index contributed by atoms with van der Waals surface area (Å²) in [7, 11) is -3.57. The fraction of sp³-hybridized carbons (Fsp3) is 0.114. The van der Waals surface area contributed by atoms with E-state index in [9.17, 15) is 44.1 Å². The lowest BCUT2D eigenvalue weighted by molar-refractivity contribution is -0.288. The zero-order valence-electron chi connectivity index (χ0n) is 30.8. The van der Waals surface area contributed by atoms with Crippen LogP contribution in [-0.2, 0) is 15.5 Å². The number of ketones is 1. The number of hydrogen-bond acceptors (Lipinski definition) is 7. The van der Waals surface area contributed by atoms with Gasteiger partial charge in [-0.15, -0.1) is 6.42 Å². The average molecular weight is 833 g/mol. The van der Waals surface area contributed by atoms with E-state index in [1.807, 2.05) is 6.92 Å². The minimum absolute atomic E-state index is 0.0565. The van der Waals surface area contributed by atoms with E-state index in [0.717, 1.165) is 48.0 Å². The largest absolute Gasteiger partial charge is 0.497 e. The lowest BCUT2D eigenvalue weighted by Gasteiger charge is -2.38. The van der Waals surface area contributed by atoms with Gasteiger partial charge in [0.25, 0.3) is 10.1 Å². The third kappa shape index (κ3) is 8.74. The lowest BCUT2D eigenvalue weighted by Crippen LogP contribution is -2.54. The molecule has 0 aliphatic heterocycles. The zero-order valence-corrected chi connectivity index (χ0v) is 31.6. The zero-order chi connectivity index (χ0) is 42.8. The molecule has 0 aliphatic rings. The molecule has 0 radical (unpaired) electrons. The van der Waals surface area contributed by atoms with E-state index in [4.69, 9.17) is 25.4 Å². The summed E-state index contributed by atoms with van der Waals surface area (Å²) in [6.45, 7) is 1.82. The van der Waals surface area contributed by atoms with Gasteiger partial charge in [-0.3, -0.25) is 9.35 Å². The highest BCUT2D eigenvalue weighted by Gasteiger charge is 2.72. The Bertz CT molecular complexity index is 2620. The maximum absolute atomic E-state index is 14.5. The van der Waals surface area contributed by atoms with Crippen LogP contribution in [0.15, 0.2) is 138 Å². The van der Waals surface area contributed by atoms with Crippen molar-refractivity contribution in [2.24, 2.45) is 0 Å². The molecule has 0 aromatic heterocycles. The lowest BCUT2D eigenvalue weighted by atomic mass is 9.73. The van der Waals surface area contributed by atoms with Gasteiger partial charge in [-0.2, -0.15) is 34.8 Å². The van der Waals surface area contributed by atoms with Crippen molar-refractivity contribution in [2.75, 3.05) is 7.11 Å². The molecular formula is C44H30F6O8S. The van der Waals surface area contributed by atoms with E-state index < -0.39 is 49.7 Å². The second-order valence-electron chi connectivity index (χ2n) is 12.9. The molecule has 0 heterocycles. The summed E-state index contributed by atoms with van der Waals surface area (Å²) in [6.07, 6.45) is -6.00. The molecule has 0 atom stereocenters. The van der Waals surface area contributed by atoms with Crippen molar-refractivity contribution in [3.63, 3.8) is 0 Å². The monoisotopic (exact) mass is 832 g/mol. The molecular weight excluding hydrogens is 803 g/mol. The standard InChI is InChI=1S/C44H30F6O8S/c1-4-28-6-5-27(2)25-39(28)58-37-23-24-38(40(26-37)59(52,53)54)57-36-17-9-30(10-18-36)41(51)29-7-15-34(16-8-29)56-35-21-13-32(14-22-35)42(43(45,46)47,44(48,49)50)31-11-19-33(55-3)20-12-31/h1,5-26H,2-3H3,(H,52,53,54). The van der Waals surface area contributed by atoms with Crippen LogP contribution >= 0.6 is 0 Å². The summed E-state index contributed by atoms with van der Waals surface area (Å²) in [5.74, 6) is 2.42. The highest BCUT2D eigenvalue weighted by Crippen LogP contribution is 2.56. The second kappa shape index (κ2) is 16.2. The summed E-state index contributed by atoms with van der Waals surface area (Å²) in [5.41, 5.74) is -4.80. The number of methoxy groups -OCH3 is 1. The number of halogens is 6. The summed E-state index contributed by atoms with van der Waals surface area (Å²) in [5, 5.41) is 0. The van der Waals surface area contributed by atoms with Gasteiger partial charge in [-0.1, -0.05) is 36.3 Å². The highest BCUT2D eigenvalue weighted by molar-refractivity contribution is 7.86. The number of aryl methyl sites for hydroxylation is 1. The van der Waals surface area contributed by atoms with Crippen molar-refractivity contribution in [1.82, 2.24) is 0 Å². The first-order chi connectivity index (χ1) is 27.8. The number of hydrogen-bond donors (Lipinski definition) is 1. The molecule has 8 nitrogen and oxygen atoms in total. The first kappa shape index (κ1) is 41.9. The molecule has 0 amide bonds. The summed E-state index contributed by atoms with van der Waals surface area (Å²) >= 11 is 0.